The summed E-state index contributed by atoms with van der Waals surface area (Å²) in [6.07, 6.45) is 5.33. The summed E-state index contributed by atoms with van der Waals surface area (Å²) < 4.78 is 0. The first kappa shape index (κ1) is 15.0. The summed E-state index contributed by atoms with van der Waals surface area (Å²) >= 11 is 0. The van der Waals surface area contributed by atoms with Gasteiger partial charge in [-0.05, 0) is 30.2 Å². The fourth-order valence-corrected chi connectivity index (χ4v) is 2.25. The van der Waals surface area contributed by atoms with Crippen molar-refractivity contribution in [2.45, 2.75) is 19.5 Å². The number of rotatable bonds is 6. The Kier molecular flexibility index (Phi) is 4.79. The van der Waals surface area contributed by atoms with Crippen LogP contribution in [0.5, 0.6) is 0 Å². The van der Waals surface area contributed by atoms with Gasteiger partial charge in [-0.25, -0.2) is 4.98 Å². The fraction of sp³-hybridized carbons (Fsp3) is 0.167. The zero-order valence-corrected chi connectivity index (χ0v) is 13.0. The number of nitrogens with one attached hydrogen (secondary N) is 2. The van der Waals surface area contributed by atoms with Gasteiger partial charge < -0.3 is 10.6 Å². The van der Waals surface area contributed by atoms with Crippen molar-refractivity contribution in [1.29, 1.82) is 0 Å². The SMILES string of the molecule is CC(Nc1ccnc(NCc2cccnc2)n1)c1ccccc1. The normalized spacial score (nSPS) is 11.7. The van der Waals surface area contributed by atoms with Gasteiger partial charge in [0.2, 0.25) is 5.95 Å². The van der Waals surface area contributed by atoms with Crippen molar-refractivity contribution >= 4 is 11.8 Å². The lowest BCUT2D eigenvalue weighted by atomic mass is 10.1. The van der Waals surface area contributed by atoms with E-state index in [1.807, 2.05) is 42.6 Å². The molecule has 0 aliphatic carbocycles. The monoisotopic (exact) mass is 305 g/mol. The predicted octanol–water partition coefficient (Wildman–Crippen LogP) is 3.66. The van der Waals surface area contributed by atoms with E-state index in [0.29, 0.717) is 12.5 Å². The van der Waals surface area contributed by atoms with Crippen LogP contribution in [0.15, 0.2) is 67.1 Å². The number of hydrogen-bond donors (Lipinski definition) is 2. The van der Waals surface area contributed by atoms with E-state index in [0.717, 1.165) is 11.4 Å². The first-order valence-electron chi connectivity index (χ1n) is 7.58. The van der Waals surface area contributed by atoms with Crippen LogP contribution in [0.1, 0.15) is 24.1 Å². The first-order valence-corrected chi connectivity index (χ1v) is 7.58. The van der Waals surface area contributed by atoms with Gasteiger partial charge in [0.15, 0.2) is 0 Å². The first-order chi connectivity index (χ1) is 11.3. The van der Waals surface area contributed by atoms with Crippen LogP contribution in [0.25, 0.3) is 0 Å². The van der Waals surface area contributed by atoms with Crippen molar-refractivity contribution in [2.75, 3.05) is 10.6 Å². The van der Waals surface area contributed by atoms with Crippen LogP contribution < -0.4 is 10.6 Å². The highest BCUT2D eigenvalue weighted by Gasteiger charge is 2.06. The Hall–Kier alpha value is -2.95. The summed E-state index contributed by atoms with van der Waals surface area (Å²) in [5.74, 6) is 1.39. The molecule has 5 heteroatoms. The molecule has 1 aromatic carbocycles. The van der Waals surface area contributed by atoms with Crippen LogP contribution in [0.2, 0.25) is 0 Å². The van der Waals surface area contributed by atoms with E-state index in [4.69, 9.17) is 0 Å². The number of nitrogens with zero attached hydrogens (tertiary/aromatic N) is 3. The third-order valence-electron chi connectivity index (χ3n) is 3.49. The van der Waals surface area contributed by atoms with E-state index >= 15 is 0 Å². The molecule has 2 N–H and O–H groups in total. The maximum Gasteiger partial charge on any atom is 0.224 e. The lowest BCUT2D eigenvalue weighted by Crippen LogP contribution is -2.10. The molecule has 23 heavy (non-hydrogen) atoms. The lowest BCUT2D eigenvalue weighted by Gasteiger charge is -2.15. The van der Waals surface area contributed by atoms with Crippen LogP contribution in [-0.4, -0.2) is 15.0 Å². The van der Waals surface area contributed by atoms with Gasteiger partial charge in [-0.1, -0.05) is 36.4 Å². The van der Waals surface area contributed by atoms with Gasteiger partial charge in [0, 0.05) is 31.2 Å². The van der Waals surface area contributed by atoms with Crippen molar-refractivity contribution in [2.24, 2.45) is 0 Å². The van der Waals surface area contributed by atoms with Crippen LogP contribution >= 0.6 is 0 Å². The quantitative estimate of drug-likeness (QED) is 0.727. The van der Waals surface area contributed by atoms with Crippen molar-refractivity contribution in [3.05, 3.63) is 78.2 Å². The number of aromatic nitrogens is 3. The Morgan fingerprint density at radius 3 is 2.65 bits per heavy atom. The second-order valence-electron chi connectivity index (χ2n) is 5.26. The van der Waals surface area contributed by atoms with Gasteiger partial charge in [0.05, 0.1) is 0 Å². The fourth-order valence-electron chi connectivity index (χ4n) is 2.25. The molecule has 0 saturated carbocycles. The molecule has 3 rings (SSSR count). The predicted molar refractivity (Wildman–Crippen MR) is 92.1 cm³/mol. The van der Waals surface area contributed by atoms with Crippen molar-refractivity contribution in [3.8, 4) is 0 Å². The van der Waals surface area contributed by atoms with Crippen LogP contribution in [0.4, 0.5) is 11.8 Å². The molecular formula is C18H19N5. The average molecular weight is 305 g/mol. The molecule has 0 amide bonds. The van der Waals surface area contributed by atoms with Gasteiger partial charge in [0.1, 0.15) is 5.82 Å². The van der Waals surface area contributed by atoms with E-state index < -0.39 is 0 Å². The Labute approximate surface area is 135 Å². The van der Waals surface area contributed by atoms with Crippen molar-refractivity contribution < 1.29 is 0 Å². The number of benzene rings is 1. The van der Waals surface area contributed by atoms with Crippen LogP contribution in [0, 0.1) is 0 Å². The second kappa shape index (κ2) is 7.35. The molecule has 0 fully saturated rings. The average Bonchev–Trinajstić information content (AvgIpc) is 2.62. The number of pyridine rings is 1. The zero-order chi connectivity index (χ0) is 15.9. The molecule has 0 bridgehead atoms. The Morgan fingerprint density at radius 1 is 1.00 bits per heavy atom. The minimum absolute atomic E-state index is 0.178. The molecular weight excluding hydrogens is 286 g/mol. The molecule has 0 spiro atoms. The van der Waals surface area contributed by atoms with Crippen molar-refractivity contribution in [3.63, 3.8) is 0 Å². The van der Waals surface area contributed by atoms with E-state index in [2.05, 4.69) is 44.6 Å². The molecule has 1 unspecified atom stereocenters. The van der Waals surface area contributed by atoms with E-state index in [-0.39, 0.29) is 6.04 Å². The third kappa shape index (κ3) is 4.26. The molecule has 0 aliphatic rings. The smallest absolute Gasteiger partial charge is 0.224 e. The highest BCUT2D eigenvalue weighted by molar-refractivity contribution is 5.42. The standard InChI is InChI=1S/C18H19N5/c1-14(16-7-3-2-4-8-16)22-17-9-11-20-18(23-17)21-13-15-6-5-10-19-12-15/h2-12,14H,13H2,1H3,(H2,20,21,22,23). The second-order valence-corrected chi connectivity index (χ2v) is 5.26. The minimum atomic E-state index is 0.178. The largest absolute Gasteiger partial charge is 0.363 e. The molecule has 0 radical (unpaired) electrons. The minimum Gasteiger partial charge on any atom is -0.363 e. The van der Waals surface area contributed by atoms with Gasteiger partial charge in [0.25, 0.3) is 0 Å². The molecule has 116 valence electrons. The van der Waals surface area contributed by atoms with Gasteiger partial charge in [-0.15, -0.1) is 0 Å². The van der Waals surface area contributed by atoms with Gasteiger partial charge in [-0.2, -0.15) is 4.98 Å². The van der Waals surface area contributed by atoms with Gasteiger partial charge >= 0.3 is 0 Å². The highest BCUT2D eigenvalue weighted by atomic mass is 15.1. The highest BCUT2D eigenvalue weighted by Crippen LogP contribution is 2.17. The molecule has 2 aromatic heterocycles. The summed E-state index contributed by atoms with van der Waals surface area (Å²) in [4.78, 5) is 12.8. The number of anilines is 2. The summed E-state index contributed by atoms with van der Waals surface area (Å²) in [5, 5.41) is 6.61. The molecule has 0 aliphatic heterocycles. The Balaban J connectivity index is 1.63. The van der Waals surface area contributed by atoms with E-state index in [1.165, 1.54) is 5.56 Å². The molecule has 1 atom stereocenters. The Morgan fingerprint density at radius 2 is 1.87 bits per heavy atom. The van der Waals surface area contributed by atoms with Crippen LogP contribution in [0.3, 0.4) is 0 Å². The maximum absolute atomic E-state index is 4.50. The lowest BCUT2D eigenvalue weighted by molar-refractivity contribution is 0.871. The molecule has 3 aromatic rings. The molecule has 2 heterocycles. The number of hydrogen-bond acceptors (Lipinski definition) is 5. The van der Waals surface area contributed by atoms with Crippen molar-refractivity contribution in [1.82, 2.24) is 15.0 Å². The van der Waals surface area contributed by atoms with E-state index in [9.17, 15) is 0 Å². The topological polar surface area (TPSA) is 62.7 Å². The Bertz CT molecular complexity index is 731. The summed E-state index contributed by atoms with van der Waals surface area (Å²) in [6.45, 7) is 2.76. The summed E-state index contributed by atoms with van der Waals surface area (Å²) in [5.41, 5.74) is 2.31. The summed E-state index contributed by atoms with van der Waals surface area (Å²) in [6, 6.07) is 16.3. The van der Waals surface area contributed by atoms with Crippen LogP contribution in [-0.2, 0) is 6.54 Å². The molecule has 5 nitrogen and oxygen atoms in total. The molecule has 0 saturated heterocycles. The third-order valence-corrected chi connectivity index (χ3v) is 3.49. The summed E-state index contributed by atoms with van der Waals surface area (Å²) in [7, 11) is 0. The maximum atomic E-state index is 4.50. The van der Waals surface area contributed by atoms with E-state index in [1.54, 1.807) is 12.4 Å². The zero-order valence-electron chi connectivity index (χ0n) is 13.0. The van der Waals surface area contributed by atoms with Gasteiger partial charge in [-0.3, -0.25) is 4.98 Å².